The van der Waals surface area contributed by atoms with Crippen molar-refractivity contribution in [3.8, 4) is 0 Å². The van der Waals surface area contributed by atoms with Crippen molar-refractivity contribution in [1.29, 1.82) is 0 Å². The van der Waals surface area contributed by atoms with Crippen molar-refractivity contribution in [2.24, 2.45) is 0 Å². The maximum absolute atomic E-state index is 6.61. The van der Waals surface area contributed by atoms with Crippen LogP contribution in [0.25, 0.3) is 0 Å². The van der Waals surface area contributed by atoms with Crippen LogP contribution < -0.4 is 0 Å². The quantitative estimate of drug-likeness (QED) is 0.242. The normalized spacial score (nSPS) is 21.1. The number of rotatable bonds is 10. The lowest BCUT2D eigenvalue weighted by Gasteiger charge is -2.49. The van der Waals surface area contributed by atoms with Gasteiger partial charge in [-0.05, 0) is 58.7 Å². The molecule has 0 aromatic rings. The smallest absolute Gasteiger partial charge is 0.417 e. The summed E-state index contributed by atoms with van der Waals surface area (Å²) >= 11 is 0. The highest BCUT2D eigenvalue weighted by molar-refractivity contribution is 6.90. The minimum absolute atomic E-state index is 0.162. The predicted octanol–water partition coefficient (Wildman–Crippen LogP) is 7.15. The highest BCUT2D eigenvalue weighted by atomic mass is 28.4. The van der Waals surface area contributed by atoms with E-state index in [1.54, 1.807) is 0 Å². The summed E-state index contributed by atoms with van der Waals surface area (Å²) in [6.07, 6.45) is 3.36. The van der Waals surface area contributed by atoms with Gasteiger partial charge in [-0.25, -0.2) is 0 Å². The molecule has 0 aromatic heterocycles. The van der Waals surface area contributed by atoms with Crippen LogP contribution in [0.4, 0.5) is 0 Å². The summed E-state index contributed by atoms with van der Waals surface area (Å²) in [5, 5.41) is 0.269. The summed E-state index contributed by atoms with van der Waals surface area (Å²) in [5.41, 5.74) is -0.572. The molecule has 0 radical (unpaired) electrons. The Balaban J connectivity index is 2.98. The summed E-state index contributed by atoms with van der Waals surface area (Å²) in [6, 6.07) is 0. The van der Waals surface area contributed by atoms with Crippen LogP contribution in [0, 0.1) is 0 Å². The molecule has 0 spiro atoms. The Morgan fingerprint density at radius 2 is 1.23 bits per heavy atom. The Morgan fingerprint density at radius 1 is 0.806 bits per heavy atom. The van der Waals surface area contributed by atoms with Crippen LogP contribution in [0.1, 0.15) is 67.7 Å². The van der Waals surface area contributed by atoms with Gasteiger partial charge >= 0.3 is 7.12 Å². The van der Waals surface area contributed by atoms with E-state index in [4.69, 9.17) is 13.7 Å². The zero-order valence-electron chi connectivity index (χ0n) is 23.7. The SMILES string of the molecule is CC1(C)OB(C(CCCCO[Si](C)(C)C(C)(C)C)N([Si](C)(C)C)[Si](C)(C)C)OC1(C)C. The van der Waals surface area contributed by atoms with E-state index >= 15 is 0 Å². The Hall–Kier alpha value is 0.556. The lowest BCUT2D eigenvalue weighted by molar-refractivity contribution is 0.00578. The fraction of sp³-hybridized carbons (Fsp3) is 1.00. The van der Waals surface area contributed by atoms with Crippen molar-refractivity contribution in [3.63, 3.8) is 0 Å². The lowest BCUT2D eigenvalue weighted by atomic mass is 9.76. The molecular weight excluding hydrogens is 433 g/mol. The Bertz CT molecular complexity index is 562. The molecule has 0 aliphatic carbocycles. The Morgan fingerprint density at radius 3 is 1.58 bits per heavy atom. The summed E-state index contributed by atoms with van der Waals surface area (Å²) in [4.78, 5) is 0. The zero-order valence-corrected chi connectivity index (χ0v) is 26.7. The Labute approximate surface area is 198 Å². The molecule has 1 aliphatic heterocycles. The van der Waals surface area contributed by atoms with Gasteiger partial charge in [0.2, 0.25) is 0 Å². The van der Waals surface area contributed by atoms with E-state index in [2.05, 4.69) is 105 Å². The summed E-state index contributed by atoms with van der Waals surface area (Å²) in [7, 11) is -4.95. The third kappa shape index (κ3) is 7.52. The average Bonchev–Trinajstić information content (AvgIpc) is 2.69. The summed E-state index contributed by atoms with van der Waals surface area (Å²) in [5.74, 6) is 0.312. The van der Waals surface area contributed by atoms with Crippen LogP contribution in [-0.4, -0.2) is 59.9 Å². The summed E-state index contributed by atoms with van der Waals surface area (Å²) in [6.45, 7) is 36.0. The van der Waals surface area contributed by atoms with Gasteiger partial charge in [0.05, 0.1) is 11.2 Å². The van der Waals surface area contributed by atoms with Gasteiger partial charge in [0.1, 0.15) is 16.5 Å². The van der Waals surface area contributed by atoms with Crippen molar-refractivity contribution >= 4 is 31.9 Å². The molecule has 0 aromatic carbocycles. The standard InChI is InChI=1S/C23H54BNO3Si3/c1-21(2,3)31(14,15)26-19-17-16-18-20(25(29(8,9)10)30(11,12)13)24-27-22(4,5)23(6,7)28-24/h20H,16-19H2,1-15H3. The number of hydrogen-bond acceptors (Lipinski definition) is 4. The molecule has 184 valence electrons. The fourth-order valence-electron chi connectivity index (χ4n) is 4.43. The minimum atomic E-state index is -1.67. The highest BCUT2D eigenvalue weighted by Gasteiger charge is 2.56. The maximum Gasteiger partial charge on any atom is 0.474 e. The molecule has 1 aliphatic rings. The van der Waals surface area contributed by atoms with Crippen molar-refractivity contribution in [2.75, 3.05) is 6.61 Å². The second-order valence-electron chi connectivity index (χ2n) is 14.0. The van der Waals surface area contributed by atoms with Crippen LogP contribution in [0.2, 0.25) is 57.4 Å². The number of unbranched alkanes of at least 4 members (excludes halogenated alkanes) is 1. The van der Waals surface area contributed by atoms with E-state index < -0.39 is 24.8 Å². The predicted molar refractivity (Wildman–Crippen MR) is 145 cm³/mol. The van der Waals surface area contributed by atoms with E-state index in [0.717, 1.165) is 25.9 Å². The highest BCUT2D eigenvalue weighted by Crippen LogP contribution is 2.41. The molecule has 31 heavy (non-hydrogen) atoms. The van der Waals surface area contributed by atoms with Gasteiger partial charge in [0, 0.05) is 12.5 Å². The first kappa shape index (κ1) is 29.6. The van der Waals surface area contributed by atoms with E-state index in [9.17, 15) is 0 Å². The second-order valence-corrected chi connectivity index (χ2v) is 28.9. The molecular formula is C23H54BNO3Si3. The molecule has 1 fully saturated rings. The van der Waals surface area contributed by atoms with Gasteiger partial charge in [-0.1, -0.05) is 66.5 Å². The van der Waals surface area contributed by atoms with Crippen LogP contribution in [0.15, 0.2) is 0 Å². The van der Waals surface area contributed by atoms with Crippen LogP contribution in [0.3, 0.4) is 0 Å². The van der Waals surface area contributed by atoms with Crippen LogP contribution in [0.5, 0.6) is 0 Å². The fourth-order valence-corrected chi connectivity index (χ4v) is 16.1. The third-order valence-corrected chi connectivity index (χ3v) is 19.6. The molecule has 1 rings (SSSR count). The molecule has 1 heterocycles. The molecule has 1 unspecified atom stereocenters. The topological polar surface area (TPSA) is 30.9 Å². The first-order chi connectivity index (χ1) is 13.5. The molecule has 1 saturated heterocycles. The van der Waals surface area contributed by atoms with E-state index in [0.29, 0.717) is 5.94 Å². The molecule has 4 nitrogen and oxygen atoms in total. The lowest BCUT2D eigenvalue weighted by Crippen LogP contribution is -2.67. The zero-order chi connectivity index (χ0) is 24.7. The monoisotopic (exact) mass is 487 g/mol. The van der Waals surface area contributed by atoms with Crippen molar-refractivity contribution < 1.29 is 13.7 Å². The van der Waals surface area contributed by atoms with Gasteiger partial charge in [-0.2, -0.15) is 0 Å². The average molecular weight is 488 g/mol. The van der Waals surface area contributed by atoms with Crippen molar-refractivity contribution in [3.05, 3.63) is 0 Å². The number of hydrogen-bond donors (Lipinski definition) is 0. The van der Waals surface area contributed by atoms with E-state index in [1.165, 1.54) is 0 Å². The van der Waals surface area contributed by atoms with Gasteiger partial charge in [0.25, 0.3) is 0 Å². The molecule has 0 bridgehead atoms. The van der Waals surface area contributed by atoms with Gasteiger partial charge in [-0.3, -0.25) is 0 Å². The molecule has 1 atom stereocenters. The van der Waals surface area contributed by atoms with Gasteiger partial charge in [0.15, 0.2) is 8.32 Å². The first-order valence-corrected chi connectivity index (χ1v) is 22.1. The molecule has 0 amide bonds. The van der Waals surface area contributed by atoms with E-state index in [-0.39, 0.29) is 23.4 Å². The Kier molecular flexibility index (Phi) is 9.22. The van der Waals surface area contributed by atoms with E-state index in [1.807, 2.05) is 0 Å². The molecule has 0 saturated carbocycles. The van der Waals surface area contributed by atoms with Crippen LogP contribution >= 0.6 is 0 Å². The van der Waals surface area contributed by atoms with Gasteiger partial charge < -0.3 is 18.0 Å². The summed E-state index contributed by atoms with van der Waals surface area (Å²) < 4.78 is 22.5. The molecule has 8 heteroatoms. The minimum Gasteiger partial charge on any atom is -0.417 e. The van der Waals surface area contributed by atoms with Gasteiger partial charge in [-0.15, -0.1) is 0 Å². The number of nitrogens with zero attached hydrogens (tertiary/aromatic N) is 1. The largest absolute Gasteiger partial charge is 0.474 e. The van der Waals surface area contributed by atoms with Crippen LogP contribution in [-0.2, 0) is 13.7 Å². The second kappa shape index (κ2) is 9.66. The third-order valence-electron chi connectivity index (χ3n) is 7.53. The maximum atomic E-state index is 6.61. The van der Waals surface area contributed by atoms with Crippen molar-refractivity contribution in [1.82, 2.24) is 4.23 Å². The van der Waals surface area contributed by atoms with Crippen molar-refractivity contribution in [2.45, 2.75) is 142 Å². The first-order valence-electron chi connectivity index (χ1n) is 12.3. The molecule has 0 N–H and O–H groups in total.